The number of fused-ring (bicyclic) bond motifs is 1. The summed E-state index contributed by atoms with van der Waals surface area (Å²) in [7, 11) is 0. The molecule has 2 aromatic heterocycles. The lowest BCUT2D eigenvalue weighted by molar-refractivity contribution is 0.493. The number of rotatable bonds is 1. The Hall–Kier alpha value is -1.69. The molecule has 1 aliphatic heterocycles. The first-order valence-corrected chi connectivity index (χ1v) is 5.33. The molecule has 3 rings (SSSR count). The van der Waals surface area contributed by atoms with Gasteiger partial charge in [-0.15, -0.1) is 10.2 Å². The highest BCUT2D eigenvalue weighted by Gasteiger charge is 2.20. The van der Waals surface area contributed by atoms with Gasteiger partial charge in [-0.2, -0.15) is 0 Å². The number of nitrogens with one attached hydrogen (secondary N) is 1. The SMILES string of the molecule is Cc1nc(-c2nnc3n2CCNC3)oc1C. The summed E-state index contributed by atoms with van der Waals surface area (Å²) in [5.74, 6) is 3.07. The molecule has 0 aromatic carbocycles. The van der Waals surface area contributed by atoms with Crippen LogP contribution in [0.15, 0.2) is 4.42 Å². The number of oxazole rings is 1. The summed E-state index contributed by atoms with van der Waals surface area (Å²) < 4.78 is 7.63. The highest BCUT2D eigenvalue weighted by molar-refractivity contribution is 5.42. The number of nitrogens with zero attached hydrogens (tertiary/aromatic N) is 4. The first kappa shape index (κ1) is 9.53. The lowest BCUT2D eigenvalue weighted by atomic mass is 10.4. The third-order valence-electron chi connectivity index (χ3n) is 2.84. The lowest BCUT2D eigenvalue weighted by Crippen LogP contribution is -2.28. The molecule has 1 N–H and O–H groups in total. The van der Waals surface area contributed by atoms with Crippen LogP contribution in [0.25, 0.3) is 11.7 Å². The molecule has 84 valence electrons. The Labute approximate surface area is 92.7 Å². The molecule has 6 heteroatoms. The van der Waals surface area contributed by atoms with Gasteiger partial charge in [-0.25, -0.2) is 4.98 Å². The van der Waals surface area contributed by atoms with E-state index in [2.05, 4.69) is 25.1 Å². The molecule has 0 bridgehead atoms. The third-order valence-corrected chi connectivity index (χ3v) is 2.84. The van der Waals surface area contributed by atoms with Crippen LogP contribution in [0.3, 0.4) is 0 Å². The average molecular weight is 219 g/mol. The Kier molecular flexibility index (Phi) is 2.03. The molecule has 3 heterocycles. The zero-order valence-electron chi connectivity index (χ0n) is 9.32. The van der Waals surface area contributed by atoms with Crippen molar-refractivity contribution >= 4 is 0 Å². The molecule has 0 saturated heterocycles. The Morgan fingerprint density at radius 2 is 2.19 bits per heavy atom. The highest BCUT2D eigenvalue weighted by atomic mass is 16.4. The van der Waals surface area contributed by atoms with E-state index in [1.807, 2.05) is 13.8 Å². The van der Waals surface area contributed by atoms with E-state index in [4.69, 9.17) is 4.42 Å². The fourth-order valence-electron chi connectivity index (χ4n) is 1.82. The molecule has 6 nitrogen and oxygen atoms in total. The van der Waals surface area contributed by atoms with Gasteiger partial charge in [0.1, 0.15) is 11.6 Å². The predicted octanol–water partition coefficient (Wildman–Crippen LogP) is 0.653. The first-order valence-electron chi connectivity index (χ1n) is 5.33. The van der Waals surface area contributed by atoms with Crippen LogP contribution in [0.2, 0.25) is 0 Å². The minimum Gasteiger partial charge on any atom is -0.439 e. The van der Waals surface area contributed by atoms with Crippen LogP contribution in [0, 0.1) is 13.8 Å². The number of hydrogen-bond acceptors (Lipinski definition) is 5. The van der Waals surface area contributed by atoms with Crippen molar-refractivity contribution < 1.29 is 4.42 Å². The zero-order valence-corrected chi connectivity index (χ0v) is 9.32. The smallest absolute Gasteiger partial charge is 0.265 e. The van der Waals surface area contributed by atoms with Crippen molar-refractivity contribution in [1.29, 1.82) is 0 Å². The van der Waals surface area contributed by atoms with Gasteiger partial charge in [0.05, 0.1) is 12.2 Å². The second kappa shape index (κ2) is 3.41. The maximum atomic E-state index is 5.57. The predicted molar refractivity (Wildman–Crippen MR) is 56.7 cm³/mol. The van der Waals surface area contributed by atoms with Crippen molar-refractivity contribution in [2.45, 2.75) is 26.9 Å². The van der Waals surface area contributed by atoms with E-state index in [1.165, 1.54) is 0 Å². The quantitative estimate of drug-likeness (QED) is 0.762. The van der Waals surface area contributed by atoms with Crippen LogP contribution in [0.1, 0.15) is 17.3 Å². The molecule has 0 aliphatic carbocycles. The topological polar surface area (TPSA) is 68.8 Å². The van der Waals surface area contributed by atoms with E-state index in [0.29, 0.717) is 5.89 Å². The minimum absolute atomic E-state index is 0.565. The van der Waals surface area contributed by atoms with Crippen molar-refractivity contribution in [3.8, 4) is 11.7 Å². The maximum Gasteiger partial charge on any atom is 0.265 e. The molecule has 0 saturated carbocycles. The normalized spacial score (nSPS) is 15.1. The Bertz CT molecular complexity index is 508. The molecule has 16 heavy (non-hydrogen) atoms. The maximum absolute atomic E-state index is 5.57. The Balaban J connectivity index is 2.09. The Morgan fingerprint density at radius 3 is 2.94 bits per heavy atom. The van der Waals surface area contributed by atoms with Gasteiger partial charge in [-0.3, -0.25) is 0 Å². The van der Waals surface area contributed by atoms with Gasteiger partial charge in [0.15, 0.2) is 0 Å². The van der Waals surface area contributed by atoms with Crippen molar-refractivity contribution in [2.75, 3.05) is 6.54 Å². The van der Waals surface area contributed by atoms with Crippen LogP contribution < -0.4 is 5.32 Å². The molecular weight excluding hydrogens is 206 g/mol. The van der Waals surface area contributed by atoms with E-state index in [0.717, 1.165) is 42.7 Å². The minimum atomic E-state index is 0.565. The van der Waals surface area contributed by atoms with Crippen molar-refractivity contribution in [3.05, 3.63) is 17.3 Å². The van der Waals surface area contributed by atoms with Gasteiger partial charge in [0.25, 0.3) is 5.89 Å². The summed E-state index contributed by atoms with van der Waals surface area (Å²) in [6, 6.07) is 0. The monoisotopic (exact) mass is 219 g/mol. The largest absolute Gasteiger partial charge is 0.439 e. The summed E-state index contributed by atoms with van der Waals surface area (Å²) >= 11 is 0. The summed E-state index contributed by atoms with van der Waals surface area (Å²) in [5, 5.41) is 11.5. The van der Waals surface area contributed by atoms with E-state index in [1.54, 1.807) is 0 Å². The highest BCUT2D eigenvalue weighted by Crippen LogP contribution is 2.21. The number of aromatic nitrogens is 4. The average Bonchev–Trinajstić information content (AvgIpc) is 2.83. The second-order valence-corrected chi connectivity index (χ2v) is 3.93. The van der Waals surface area contributed by atoms with E-state index in [-0.39, 0.29) is 0 Å². The van der Waals surface area contributed by atoms with Gasteiger partial charge in [0, 0.05) is 13.1 Å². The van der Waals surface area contributed by atoms with Gasteiger partial charge in [0.2, 0.25) is 5.82 Å². The molecule has 0 atom stereocenters. The lowest BCUT2D eigenvalue weighted by Gasteiger charge is -2.14. The van der Waals surface area contributed by atoms with Crippen molar-refractivity contribution in [2.24, 2.45) is 0 Å². The molecule has 1 aliphatic rings. The molecule has 2 aromatic rings. The van der Waals surface area contributed by atoms with Crippen LogP contribution in [-0.4, -0.2) is 26.3 Å². The van der Waals surface area contributed by atoms with Crippen LogP contribution >= 0.6 is 0 Å². The first-order chi connectivity index (χ1) is 7.75. The fourth-order valence-corrected chi connectivity index (χ4v) is 1.82. The van der Waals surface area contributed by atoms with Gasteiger partial charge in [-0.1, -0.05) is 0 Å². The zero-order chi connectivity index (χ0) is 11.1. The Morgan fingerprint density at radius 1 is 1.31 bits per heavy atom. The van der Waals surface area contributed by atoms with Crippen LogP contribution in [0.4, 0.5) is 0 Å². The molecule has 0 unspecified atom stereocenters. The van der Waals surface area contributed by atoms with Gasteiger partial charge < -0.3 is 14.3 Å². The van der Waals surface area contributed by atoms with Crippen molar-refractivity contribution in [1.82, 2.24) is 25.1 Å². The van der Waals surface area contributed by atoms with Crippen molar-refractivity contribution in [3.63, 3.8) is 0 Å². The summed E-state index contributed by atoms with van der Waals surface area (Å²) in [5.41, 5.74) is 0.904. The number of hydrogen-bond donors (Lipinski definition) is 1. The van der Waals surface area contributed by atoms with E-state index < -0.39 is 0 Å². The van der Waals surface area contributed by atoms with Gasteiger partial charge in [-0.05, 0) is 13.8 Å². The van der Waals surface area contributed by atoms with Crippen LogP contribution in [-0.2, 0) is 13.1 Å². The summed E-state index contributed by atoms with van der Waals surface area (Å²) in [6.07, 6.45) is 0. The summed E-state index contributed by atoms with van der Waals surface area (Å²) in [6.45, 7) is 6.37. The summed E-state index contributed by atoms with van der Waals surface area (Å²) in [4.78, 5) is 4.35. The van der Waals surface area contributed by atoms with E-state index in [9.17, 15) is 0 Å². The molecular formula is C10H13N5O. The second-order valence-electron chi connectivity index (χ2n) is 3.93. The standard InChI is InChI=1S/C10H13N5O/c1-6-7(2)16-10(12-6)9-14-13-8-5-11-3-4-15(8)9/h11H,3-5H2,1-2H3. The van der Waals surface area contributed by atoms with Gasteiger partial charge >= 0.3 is 0 Å². The molecule has 0 radical (unpaired) electrons. The van der Waals surface area contributed by atoms with Crippen LogP contribution in [0.5, 0.6) is 0 Å². The fraction of sp³-hybridized carbons (Fsp3) is 0.500. The molecule has 0 spiro atoms. The van der Waals surface area contributed by atoms with E-state index >= 15 is 0 Å². The number of aryl methyl sites for hydroxylation is 2. The molecule has 0 amide bonds. The third kappa shape index (κ3) is 1.34. The molecule has 0 fully saturated rings.